The van der Waals surface area contributed by atoms with Gasteiger partial charge in [0.1, 0.15) is 0 Å². The zero-order chi connectivity index (χ0) is 7.90. The second-order valence-electron chi connectivity index (χ2n) is 3.56. The Labute approximate surface area is 70.7 Å². The summed E-state index contributed by atoms with van der Waals surface area (Å²) in [7, 11) is 0. The maximum Gasteiger partial charge on any atom is 0.0909 e. The van der Waals surface area contributed by atoms with Gasteiger partial charge in [-0.15, -0.1) is 0 Å². The summed E-state index contributed by atoms with van der Waals surface area (Å²) >= 11 is 1.66. The van der Waals surface area contributed by atoms with Gasteiger partial charge in [0.25, 0.3) is 0 Å². The standard InChI is InChI=1S/C9H12OS/c1-7-4-9(10,5-7)8-2-3-11-6-8/h2-3,6-7,10H,4-5H2,1H3. The first-order valence-corrected chi connectivity index (χ1v) is 4.90. The summed E-state index contributed by atoms with van der Waals surface area (Å²) in [5.41, 5.74) is 0.639. The summed E-state index contributed by atoms with van der Waals surface area (Å²) in [5, 5.41) is 14.0. The van der Waals surface area contributed by atoms with Crippen LogP contribution in [0.2, 0.25) is 0 Å². The van der Waals surface area contributed by atoms with Crippen LogP contribution in [0.5, 0.6) is 0 Å². The van der Waals surface area contributed by atoms with Crippen molar-refractivity contribution in [2.24, 2.45) is 5.92 Å². The predicted molar refractivity (Wildman–Crippen MR) is 46.6 cm³/mol. The molecular weight excluding hydrogens is 156 g/mol. The Balaban J connectivity index is 2.18. The number of hydrogen-bond donors (Lipinski definition) is 1. The third kappa shape index (κ3) is 1.10. The van der Waals surface area contributed by atoms with Crippen LogP contribution in [0.15, 0.2) is 16.8 Å². The third-order valence-corrected chi connectivity index (χ3v) is 3.11. The molecule has 1 saturated carbocycles. The van der Waals surface area contributed by atoms with Gasteiger partial charge in [-0.2, -0.15) is 11.3 Å². The van der Waals surface area contributed by atoms with E-state index in [2.05, 4.69) is 6.92 Å². The first-order chi connectivity index (χ1) is 5.21. The van der Waals surface area contributed by atoms with Crippen molar-refractivity contribution < 1.29 is 5.11 Å². The van der Waals surface area contributed by atoms with Crippen LogP contribution in [0.4, 0.5) is 0 Å². The Kier molecular flexibility index (Phi) is 1.55. The smallest absolute Gasteiger partial charge is 0.0909 e. The molecule has 0 bridgehead atoms. The van der Waals surface area contributed by atoms with E-state index < -0.39 is 5.60 Å². The highest BCUT2D eigenvalue weighted by Crippen LogP contribution is 2.45. The average molecular weight is 168 g/mol. The van der Waals surface area contributed by atoms with E-state index in [1.54, 1.807) is 11.3 Å². The molecule has 1 aliphatic rings. The van der Waals surface area contributed by atoms with E-state index in [-0.39, 0.29) is 0 Å². The van der Waals surface area contributed by atoms with Crippen LogP contribution in [0.25, 0.3) is 0 Å². The number of thiophene rings is 1. The summed E-state index contributed by atoms with van der Waals surface area (Å²) in [6.45, 7) is 2.18. The van der Waals surface area contributed by atoms with Crippen molar-refractivity contribution in [2.75, 3.05) is 0 Å². The van der Waals surface area contributed by atoms with Crippen LogP contribution in [0, 0.1) is 5.92 Å². The normalized spacial score (nSPS) is 36.7. The highest BCUT2D eigenvalue weighted by Gasteiger charge is 2.41. The summed E-state index contributed by atoms with van der Waals surface area (Å²) in [6.07, 6.45) is 1.87. The SMILES string of the molecule is CC1CC(O)(c2ccsc2)C1. The molecule has 0 saturated heterocycles. The van der Waals surface area contributed by atoms with Crippen molar-refractivity contribution in [1.82, 2.24) is 0 Å². The minimum atomic E-state index is -0.473. The Morgan fingerprint density at radius 1 is 1.64 bits per heavy atom. The van der Waals surface area contributed by atoms with Crippen LogP contribution >= 0.6 is 11.3 Å². The minimum absolute atomic E-state index is 0.473. The molecule has 1 aliphatic carbocycles. The molecule has 0 radical (unpaired) electrons. The van der Waals surface area contributed by atoms with Crippen LogP contribution in [-0.2, 0) is 5.60 Å². The van der Waals surface area contributed by atoms with Crippen molar-refractivity contribution in [3.05, 3.63) is 22.4 Å². The zero-order valence-electron chi connectivity index (χ0n) is 6.58. The predicted octanol–water partition coefficient (Wildman–Crippen LogP) is 2.37. The molecule has 60 valence electrons. The molecule has 0 atom stereocenters. The highest BCUT2D eigenvalue weighted by atomic mass is 32.1. The van der Waals surface area contributed by atoms with Gasteiger partial charge in [-0.1, -0.05) is 6.92 Å². The van der Waals surface area contributed by atoms with Gasteiger partial charge in [0, 0.05) is 0 Å². The summed E-state index contributed by atoms with van der Waals surface area (Å²) < 4.78 is 0. The fourth-order valence-electron chi connectivity index (χ4n) is 1.86. The molecule has 0 aromatic carbocycles. The number of aliphatic hydroxyl groups is 1. The Morgan fingerprint density at radius 2 is 2.36 bits per heavy atom. The van der Waals surface area contributed by atoms with E-state index in [4.69, 9.17) is 0 Å². The van der Waals surface area contributed by atoms with Gasteiger partial charge in [-0.05, 0) is 41.1 Å². The lowest BCUT2D eigenvalue weighted by Crippen LogP contribution is -2.39. The van der Waals surface area contributed by atoms with Gasteiger partial charge >= 0.3 is 0 Å². The van der Waals surface area contributed by atoms with Crippen LogP contribution in [0.1, 0.15) is 25.3 Å². The van der Waals surface area contributed by atoms with Gasteiger partial charge < -0.3 is 5.11 Å². The molecule has 2 rings (SSSR count). The van der Waals surface area contributed by atoms with E-state index in [0.717, 1.165) is 18.4 Å². The molecule has 1 fully saturated rings. The molecule has 0 unspecified atom stereocenters. The summed E-state index contributed by atoms with van der Waals surface area (Å²) in [5.74, 6) is 0.694. The maximum absolute atomic E-state index is 9.95. The highest BCUT2D eigenvalue weighted by molar-refractivity contribution is 7.08. The molecule has 0 aliphatic heterocycles. The molecular formula is C9H12OS. The van der Waals surface area contributed by atoms with Crippen molar-refractivity contribution in [2.45, 2.75) is 25.4 Å². The zero-order valence-corrected chi connectivity index (χ0v) is 7.40. The van der Waals surface area contributed by atoms with Gasteiger partial charge in [-0.3, -0.25) is 0 Å². The largest absolute Gasteiger partial charge is 0.385 e. The van der Waals surface area contributed by atoms with Crippen molar-refractivity contribution in [3.63, 3.8) is 0 Å². The molecule has 1 nitrogen and oxygen atoms in total. The molecule has 1 heterocycles. The third-order valence-electron chi connectivity index (χ3n) is 2.43. The van der Waals surface area contributed by atoms with Crippen LogP contribution in [-0.4, -0.2) is 5.11 Å². The topological polar surface area (TPSA) is 20.2 Å². The van der Waals surface area contributed by atoms with Gasteiger partial charge in [0.05, 0.1) is 5.60 Å². The fourth-order valence-corrected chi connectivity index (χ4v) is 2.61. The van der Waals surface area contributed by atoms with Crippen LogP contribution < -0.4 is 0 Å². The number of hydrogen-bond acceptors (Lipinski definition) is 2. The molecule has 1 aromatic heterocycles. The monoisotopic (exact) mass is 168 g/mol. The molecule has 1 aromatic rings. The molecule has 11 heavy (non-hydrogen) atoms. The lowest BCUT2D eigenvalue weighted by atomic mass is 9.69. The van der Waals surface area contributed by atoms with Gasteiger partial charge in [-0.25, -0.2) is 0 Å². The average Bonchev–Trinajstić information content (AvgIpc) is 2.34. The van der Waals surface area contributed by atoms with E-state index >= 15 is 0 Å². The second-order valence-corrected chi connectivity index (χ2v) is 4.34. The molecule has 0 amide bonds. The minimum Gasteiger partial charge on any atom is -0.385 e. The van der Waals surface area contributed by atoms with E-state index in [1.807, 2.05) is 16.8 Å². The van der Waals surface area contributed by atoms with Crippen LogP contribution in [0.3, 0.4) is 0 Å². The summed E-state index contributed by atoms with van der Waals surface area (Å²) in [4.78, 5) is 0. The van der Waals surface area contributed by atoms with Gasteiger partial charge in [0.2, 0.25) is 0 Å². The molecule has 0 spiro atoms. The Bertz CT molecular complexity index is 234. The van der Waals surface area contributed by atoms with Crippen molar-refractivity contribution in [3.8, 4) is 0 Å². The van der Waals surface area contributed by atoms with Crippen molar-refractivity contribution in [1.29, 1.82) is 0 Å². The lowest BCUT2D eigenvalue weighted by Gasteiger charge is -2.41. The van der Waals surface area contributed by atoms with E-state index in [1.165, 1.54) is 0 Å². The van der Waals surface area contributed by atoms with Crippen molar-refractivity contribution >= 4 is 11.3 Å². The first-order valence-electron chi connectivity index (χ1n) is 3.96. The quantitative estimate of drug-likeness (QED) is 0.682. The van der Waals surface area contributed by atoms with E-state index in [0.29, 0.717) is 5.92 Å². The number of rotatable bonds is 1. The lowest BCUT2D eigenvalue weighted by molar-refractivity contribution is -0.0735. The maximum atomic E-state index is 9.95. The second kappa shape index (κ2) is 2.32. The van der Waals surface area contributed by atoms with E-state index in [9.17, 15) is 5.11 Å². The molecule has 1 N–H and O–H groups in total. The molecule has 2 heteroatoms. The first kappa shape index (κ1) is 7.32. The fraction of sp³-hybridized carbons (Fsp3) is 0.556. The summed E-state index contributed by atoms with van der Waals surface area (Å²) in [6, 6.07) is 2.02. The Hall–Kier alpha value is -0.340. The Morgan fingerprint density at radius 3 is 2.82 bits per heavy atom. The van der Waals surface area contributed by atoms with Gasteiger partial charge in [0.15, 0.2) is 0 Å².